The highest BCUT2D eigenvalue weighted by molar-refractivity contribution is 5.95. The molecule has 2 aliphatic heterocycles. The second-order valence-electron chi connectivity index (χ2n) is 8.15. The van der Waals surface area contributed by atoms with Gasteiger partial charge in [-0.05, 0) is 30.9 Å². The summed E-state index contributed by atoms with van der Waals surface area (Å²) in [6.07, 6.45) is 2.69. The molecule has 0 bridgehead atoms. The predicted molar refractivity (Wildman–Crippen MR) is 110 cm³/mol. The SMILES string of the molecule is CCc1[nH]c(=O)ccc1C(=O)N1CCC2(CC1)C[C@@H](O)C[C@H](c1ccccc1)O2. The third-order valence-electron chi connectivity index (χ3n) is 6.20. The summed E-state index contributed by atoms with van der Waals surface area (Å²) in [5.41, 5.74) is 1.75. The molecule has 1 spiro atoms. The van der Waals surface area contributed by atoms with Crippen molar-refractivity contribution >= 4 is 5.91 Å². The fourth-order valence-electron chi connectivity index (χ4n) is 4.64. The largest absolute Gasteiger partial charge is 0.393 e. The van der Waals surface area contributed by atoms with E-state index in [1.165, 1.54) is 6.07 Å². The van der Waals surface area contributed by atoms with Crippen LogP contribution in [0.5, 0.6) is 0 Å². The van der Waals surface area contributed by atoms with Crippen LogP contribution in [-0.4, -0.2) is 45.7 Å². The number of aliphatic hydroxyl groups is 1. The summed E-state index contributed by atoms with van der Waals surface area (Å²) >= 11 is 0. The van der Waals surface area contributed by atoms with E-state index in [4.69, 9.17) is 4.74 Å². The highest BCUT2D eigenvalue weighted by atomic mass is 16.5. The first-order chi connectivity index (χ1) is 14.0. The molecule has 6 heteroatoms. The molecule has 2 N–H and O–H groups in total. The van der Waals surface area contributed by atoms with Crippen LogP contribution in [0.15, 0.2) is 47.3 Å². The number of hydrogen-bond donors (Lipinski definition) is 2. The van der Waals surface area contributed by atoms with Crippen LogP contribution < -0.4 is 5.56 Å². The Morgan fingerprint density at radius 1 is 1.21 bits per heavy atom. The Kier molecular flexibility index (Phi) is 5.56. The van der Waals surface area contributed by atoms with Gasteiger partial charge in [-0.25, -0.2) is 0 Å². The maximum absolute atomic E-state index is 13.0. The van der Waals surface area contributed by atoms with Gasteiger partial charge < -0.3 is 19.7 Å². The van der Waals surface area contributed by atoms with Gasteiger partial charge in [0.05, 0.1) is 23.4 Å². The van der Waals surface area contributed by atoms with Crippen molar-refractivity contribution in [2.24, 2.45) is 0 Å². The van der Waals surface area contributed by atoms with E-state index in [2.05, 4.69) is 4.98 Å². The maximum Gasteiger partial charge on any atom is 0.255 e. The zero-order valence-electron chi connectivity index (χ0n) is 16.8. The van der Waals surface area contributed by atoms with Crippen LogP contribution in [-0.2, 0) is 11.2 Å². The number of piperidine rings is 1. The van der Waals surface area contributed by atoms with Gasteiger partial charge in [0.2, 0.25) is 5.56 Å². The lowest BCUT2D eigenvalue weighted by atomic mass is 9.80. The number of H-pyrrole nitrogens is 1. The third kappa shape index (κ3) is 4.14. The molecule has 2 aromatic rings. The van der Waals surface area contributed by atoms with Crippen molar-refractivity contribution in [1.82, 2.24) is 9.88 Å². The molecule has 1 aromatic heterocycles. The van der Waals surface area contributed by atoms with Crippen molar-refractivity contribution in [2.45, 2.75) is 56.8 Å². The van der Waals surface area contributed by atoms with Crippen LogP contribution in [0.4, 0.5) is 0 Å². The predicted octanol–water partition coefficient (Wildman–Crippen LogP) is 2.82. The smallest absolute Gasteiger partial charge is 0.255 e. The Morgan fingerprint density at radius 3 is 2.62 bits per heavy atom. The number of nitrogens with zero attached hydrogens (tertiary/aromatic N) is 1. The topological polar surface area (TPSA) is 82.6 Å². The van der Waals surface area contributed by atoms with Crippen LogP contribution in [0, 0.1) is 0 Å². The van der Waals surface area contributed by atoms with Crippen molar-refractivity contribution in [3.8, 4) is 0 Å². The quantitative estimate of drug-likeness (QED) is 0.836. The molecule has 0 aliphatic carbocycles. The van der Waals surface area contributed by atoms with E-state index in [1.807, 2.05) is 42.2 Å². The number of carbonyl (C=O) groups excluding carboxylic acids is 1. The molecule has 0 unspecified atom stereocenters. The molecule has 3 heterocycles. The zero-order chi connectivity index (χ0) is 20.4. The number of pyridine rings is 1. The number of amides is 1. The van der Waals surface area contributed by atoms with Gasteiger partial charge in [-0.3, -0.25) is 9.59 Å². The number of rotatable bonds is 3. The number of aryl methyl sites for hydroxylation is 1. The van der Waals surface area contributed by atoms with Crippen LogP contribution >= 0.6 is 0 Å². The van der Waals surface area contributed by atoms with Crippen LogP contribution in [0.3, 0.4) is 0 Å². The molecular weight excluding hydrogens is 368 g/mol. The molecule has 2 atom stereocenters. The average Bonchev–Trinajstić information content (AvgIpc) is 2.74. The molecule has 0 saturated carbocycles. The normalized spacial score (nSPS) is 23.9. The van der Waals surface area contributed by atoms with Crippen molar-refractivity contribution in [1.29, 1.82) is 0 Å². The van der Waals surface area contributed by atoms with Crippen molar-refractivity contribution in [2.75, 3.05) is 13.1 Å². The molecular formula is C23H28N2O4. The van der Waals surface area contributed by atoms with Gasteiger partial charge in [-0.15, -0.1) is 0 Å². The third-order valence-corrected chi connectivity index (χ3v) is 6.20. The summed E-state index contributed by atoms with van der Waals surface area (Å²) in [5.74, 6) is -0.0519. The van der Waals surface area contributed by atoms with Gasteiger partial charge in [0.1, 0.15) is 0 Å². The molecule has 0 radical (unpaired) electrons. The molecule has 2 aliphatic rings. The minimum absolute atomic E-state index is 0.0519. The lowest BCUT2D eigenvalue weighted by Crippen LogP contribution is -2.52. The summed E-state index contributed by atoms with van der Waals surface area (Å²) in [7, 11) is 0. The molecule has 4 rings (SSSR count). The summed E-state index contributed by atoms with van der Waals surface area (Å²) in [4.78, 5) is 29.2. The van der Waals surface area contributed by atoms with Gasteiger partial charge >= 0.3 is 0 Å². The summed E-state index contributed by atoms with van der Waals surface area (Å²) in [6, 6.07) is 13.1. The van der Waals surface area contributed by atoms with E-state index in [0.29, 0.717) is 56.5 Å². The maximum atomic E-state index is 13.0. The van der Waals surface area contributed by atoms with Gasteiger partial charge in [-0.2, -0.15) is 0 Å². The number of carbonyl (C=O) groups is 1. The van der Waals surface area contributed by atoms with E-state index in [0.717, 1.165) is 5.56 Å². The molecule has 6 nitrogen and oxygen atoms in total. The molecule has 2 fully saturated rings. The molecule has 2 saturated heterocycles. The van der Waals surface area contributed by atoms with Crippen molar-refractivity contribution < 1.29 is 14.6 Å². The number of benzene rings is 1. The molecule has 1 amide bonds. The molecule has 29 heavy (non-hydrogen) atoms. The average molecular weight is 396 g/mol. The first-order valence-electron chi connectivity index (χ1n) is 10.4. The monoisotopic (exact) mass is 396 g/mol. The first kappa shape index (κ1) is 19.9. The molecule has 154 valence electrons. The Labute approximate surface area is 170 Å². The lowest BCUT2D eigenvalue weighted by molar-refractivity contribution is -0.181. The Morgan fingerprint density at radius 2 is 1.93 bits per heavy atom. The van der Waals surface area contributed by atoms with E-state index < -0.39 is 11.7 Å². The van der Waals surface area contributed by atoms with Crippen LogP contribution in [0.25, 0.3) is 0 Å². The van der Waals surface area contributed by atoms with E-state index in [1.54, 1.807) is 6.07 Å². The highest BCUT2D eigenvalue weighted by Crippen LogP contribution is 2.43. The zero-order valence-corrected chi connectivity index (χ0v) is 16.8. The Balaban J connectivity index is 1.47. The minimum Gasteiger partial charge on any atom is -0.393 e. The van der Waals surface area contributed by atoms with Gasteiger partial charge in [0.25, 0.3) is 5.91 Å². The van der Waals surface area contributed by atoms with E-state index in [-0.39, 0.29) is 17.6 Å². The number of aromatic amines is 1. The van der Waals surface area contributed by atoms with Gasteiger partial charge in [-0.1, -0.05) is 37.3 Å². The van der Waals surface area contributed by atoms with Crippen LogP contribution in [0.2, 0.25) is 0 Å². The number of hydrogen-bond acceptors (Lipinski definition) is 4. The second-order valence-corrected chi connectivity index (χ2v) is 8.15. The lowest BCUT2D eigenvalue weighted by Gasteiger charge is -2.48. The van der Waals surface area contributed by atoms with Crippen molar-refractivity contribution in [3.05, 3.63) is 69.6 Å². The van der Waals surface area contributed by atoms with Crippen molar-refractivity contribution in [3.63, 3.8) is 0 Å². The van der Waals surface area contributed by atoms with Crippen LogP contribution in [0.1, 0.15) is 60.3 Å². The Hall–Kier alpha value is -2.44. The Bertz CT molecular complexity index is 916. The number of ether oxygens (including phenoxy) is 1. The standard InChI is InChI=1S/C23H28N2O4/c1-2-19-18(8-9-21(27)24-19)22(28)25-12-10-23(11-13-25)15-17(26)14-20(29-23)16-6-4-3-5-7-16/h3-9,17,20,26H,2,10-15H2,1H3,(H,24,27)/t17-,20+/m0/s1. The number of nitrogens with one attached hydrogen (secondary N) is 1. The van der Waals surface area contributed by atoms with Gasteiger partial charge in [0.15, 0.2) is 0 Å². The summed E-state index contributed by atoms with van der Waals surface area (Å²) in [6.45, 7) is 3.08. The number of aliphatic hydroxyl groups excluding tert-OH is 1. The summed E-state index contributed by atoms with van der Waals surface area (Å²) in [5, 5.41) is 10.5. The number of likely N-dealkylation sites (tertiary alicyclic amines) is 1. The summed E-state index contributed by atoms with van der Waals surface area (Å²) < 4.78 is 6.52. The fourth-order valence-corrected chi connectivity index (χ4v) is 4.64. The first-order valence-corrected chi connectivity index (χ1v) is 10.4. The highest BCUT2D eigenvalue weighted by Gasteiger charge is 2.44. The van der Waals surface area contributed by atoms with E-state index in [9.17, 15) is 14.7 Å². The van der Waals surface area contributed by atoms with Gasteiger partial charge in [0, 0.05) is 37.7 Å². The second kappa shape index (κ2) is 8.13. The minimum atomic E-state index is -0.401. The van der Waals surface area contributed by atoms with E-state index >= 15 is 0 Å². The molecule has 1 aromatic carbocycles. The fraction of sp³-hybridized carbons (Fsp3) is 0.478. The number of aromatic nitrogens is 1.